The number of aliphatic imine (C=N–C) groups is 1. The lowest BCUT2D eigenvalue weighted by molar-refractivity contribution is -0.132. The number of hydrogen-bond donors (Lipinski definition) is 2. The van der Waals surface area contributed by atoms with Crippen LogP contribution >= 0.6 is 0 Å². The number of nitrogens with two attached hydrogens (primary N) is 1. The van der Waals surface area contributed by atoms with Crippen LogP contribution in [0.15, 0.2) is 63.3 Å². The van der Waals surface area contributed by atoms with Crippen molar-refractivity contribution in [3.8, 4) is 0 Å². The summed E-state index contributed by atoms with van der Waals surface area (Å²) in [5.74, 6) is -0.195. The minimum Gasteiger partial charge on any atom is -0.337 e. The first kappa shape index (κ1) is 21.9. The molecule has 1 heterocycles. The summed E-state index contributed by atoms with van der Waals surface area (Å²) < 4.78 is 49.6. The molecule has 0 fully saturated rings. The van der Waals surface area contributed by atoms with Gasteiger partial charge in [0.1, 0.15) is 11.9 Å². The van der Waals surface area contributed by atoms with Gasteiger partial charge in [-0.3, -0.25) is 14.5 Å². The van der Waals surface area contributed by atoms with Crippen LogP contribution < -0.4 is 9.86 Å². The number of amidine groups is 1. The molecule has 3 rings (SSSR count). The number of fused-ring (bicyclic) bond motifs is 1. The van der Waals surface area contributed by atoms with E-state index in [-0.39, 0.29) is 27.6 Å². The van der Waals surface area contributed by atoms with Gasteiger partial charge in [0.15, 0.2) is 0 Å². The number of nitrogens with zero attached hydrogens (tertiary/aromatic N) is 2. The molecule has 0 aliphatic carbocycles. The highest BCUT2D eigenvalue weighted by atomic mass is 32.2. The van der Waals surface area contributed by atoms with Gasteiger partial charge in [0.25, 0.3) is 10.0 Å². The first-order valence-corrected chi connectivity index (χ1v) is 12.0. The van der Waals surface area contributed by atoms with Crippen molar-refractivity contribution in [1.82, 2.24) is 9.62 Å². The molecule has 11 heteroatoms. The van der Waals surface area contributed by atoms with Crippen molar-refractivity contribution in [3.05, 3.63) is 59.7 Å². The molecule has 0 saturated carbocycles. The second-order valence-corrected chi connectivity index (χ2v) is 10.2. The summed E-state index contributed by atoms with van der Waals surface area (Å²) in [5.41, 5.74) is 1.14. The van der Waals surface area contributed by atoms with Crippen molar-refractivity contribution < 1.29 is 21.6 Å². The van der Waals surface area contributed by atoms with Gasteiger partial charge < -0.3 is 4.90 Å². The van der Waals surface area contributed by atoms with Gasteiger partial charge in [0.2, 0.25) is 15.9 Å². The largest absolute Gasteiger partial charge is 0.337 e. The number of sulfonamides is 2. The summed E-state index contributed by atoms with van der Waals surface area (Å²) >= 11 is 0. The fraction of sp³-hybridized carbons (Fsp3) is 0.263. The first-order chi connectivity index (χ1) is 13.9. The molecular weight excluding hydrogens is 428 g/mol. The highest BCUT2D eigenvalue weighted by molar-refractivity contribution is 7.90. The monoisotopic (exact) mass is 450 g/mol. The third kappa shape index (κ3) is 4.23. The van der Waals surface area contributed by atoms with E-state index in [4.69, 9.17) is 5.14 Å². The Morgan fingerprint density at radius 2 is 1.70 bits per heavy atom. The van der Waals surface area contributed by atoms with E-state index in [2.05, 4.69) is 9.71 Å². The smallest absolute Gasteiger partial charge is 0.263 e. The third-order valence-electron chi connectivity index (χ3n) is 4.96. The molecule has 2 aromatic rings. The molecule has 30 heavy (non-hydrogen) atoms. The lowest BCUT2D eigenvalue weighted by atomic mass is 10.1. The topological polar surface area (TPSA) is 139 Å². The Morgan fingerprint density at radius 1 is 1.10 bits per heavy atom. The van der Waals surface area contributed by atoms with Gasteiger partial charge in [-0.2, -0.15) is 0 Å². The summed E-state index contributed by atoms with van der Waals surface area (Å²) in [7, 11) is -5.88. The van der Waals surface area contributed by atoms with Crippen LogP contribution in [0.4, 0.5) is 0 Å². The van der Waals surface area contributed by atoms with Gasteiger partial charge in [-0.05, 0) is 43.7 Å². The number of amides is 1. The maximum Gasteiger partial charge on any atom is 0.263 e. The number of rotatable bonds is 5. The van der Waals surface area contributed by atoms with E-state index in [9.17, 15) is 21.6 Å². The first-order valence-electron chi connectivity index (χ1n) is 9.01. The standard InChI is InChI=1S/C19H22N4O5S2/c1-12(21-18-16-6-4-5-7-17(16)30(27,28)22-18)19(24)23(3)13(2)14-8-10-15(11-9-14)29(20,25)26/h4-13H,1-3H3,(H,21,22)(H2,20,25,26)/t12-,13?/m0/s1. The third-order valence-corrected chi connectivity index (χ3v) is 7.29. The van der Waals surface area contributed by atoms with Gasteiger partial charge >= 0.3 is 0 Å². The van der Waals surface area contributed by atoms with E-state index in [0.717, 1.165) is 0 Å². The van der Waals surface area contributed by atoms with Gasteiger partial charge in [0.05, 0.1) is 15.8 Å². The molecule has 3 N–H and O–H groups in total. The minimum atomic E-state index is -3.80. The molecular formula is C19H22N4O5S2. The predicted molar refractivity (Wildman–Crippen MR) is 112 cm³/mol. The lowest BCUT2D eigenvalue weighted by Crippen LogP contribution is -2.37. The molecule has 0 saturated heterocycles. The fourth-order valence-corrected chi connectivity index (χ4v) is 4.88. The van der Waals surface area contributed by atoms with Crippen LogP contribution in [0.3, 0.4) is 0 Å². The maximum atomic E-state index is 12.9. The average Bonchev–Trinajstić information content (AvgIpc) is 2.96. The zero-order valence-electron chi connectivity index (χ0n) is 16.6. The predicted octanol–water partition coefficient (Wildman–Crippen LogP) is 0.981. The Bertz CT molecular complexity index is 1220. The highest BCUT2D eigenvalue weighted by Gasteiger charge is 2.32. The van der Waals surface area contributed by atoms with Gasteiger partial charge in [-0.1, -0.05) is 24.3 Å². The minimum absolute atomic E-state index is 0.0145. The molecule has 1 amide bonds. The molecule has 1 unspecified atom stereocenters. The molecule has 2 aromatic carbocycles. The van der Waals surface area contributed by atoms with Gasteiger partial charge in [0, 0.05) is 12.6 Å². The summed E-state index contributed by atoms with van der Waals surface area (Å²) in [5, 5.41) is 5.11. The molecule has 0 radical (unpaired) electrons. The van der Waals surface area contributed by atoms with Crippen molar-refractivity contribution in [2.24, 2.45) is 10.1 Å². The summed E-state index contributed by atoms with van der Waals surface area (Å²) in [6.07, 6.45) is 0. The van der Waals surface area contributed by atoms with E-state index >= 15 is 0 Å². The number of likely N-dealkylation sites (N-methyl/N-ethyl adjacent to an activating group) is 1. The Labute approximate surface area is 175 Å². The molecule has 2 atom stereocenters. The summed E-state index contributed by atoms with van der Waals surface area (Å²) in [6.45, 7) is 3.37. The molecule has 160 valence electrons. The van der Waals surface area contributed by atoms with Crippen molar-refractivity contribution in [2.45, 2.75) is 35.7 Å². The number of primary sulfonamides is 1. The van der Waals surface area contributed by atoms with E-state index in [1.165, 1.54) is 23.1 Å². The van der Waals surface area contributed by atoms with Crippen molar-refractivity contribution in [1.29, 1.82) is 0 Å². The molecule has 9 nitrogen and oxygen atoms in total. The Balaban J connectivity index is 1.80. The number of benzene rings is 2. The second kappa shape index (κ2) is 7.82. The fourth-order valence-electron chi connectivity index (χ4n) is 3.12. The summed E-state index contributed by atoms with van der Waals surface area (Å²) in [4.78, 5) is 18.7. The zero-order chi connectivity index (χ0) is 22.3. The van der Waals surface area contributed by atoms with Crippen LogP contribution in [0.25, 0.3) is 0 Å². The zero-order valence-corrected chi connectivity index (χ0v) is 18.2. The highest BCUT2D eigenvalue weighted by Crippen LogP contribution is 2.24. The summed E-state index contributed by atoms with van der Waals surface area (Å²) in [6, 6.07) is 11.1. The second-order valence-electron chi connectivity index (χ2n) is 6.99. The van der Waals surface area contributed by atoms with Crippen LogP contribution in [0.1, 0.15) is 31.0 Å². The van der Waals surface area contributed by atoms with Crippen LogP contribution in [0, 0.1) is 0 Å². The van der Waals surface area contributed by atoms with Gasteiger partial charge in [-0.25, -0.2) is 22.0 Å². The Kier molecular flexibility index (Phi) is 5.72. The number of carbonyl (C=O) groups is 1. The molecule has 1 aliphatic heterocycles. The van der Waals surface area contributed by atoms with Crippen molar-refractivity contribution in [3.63, 3.8) is 0 Å². The Hall–Kier alpha value is -2.76. The van der Waals surface area contributed by atoms with Gasteiger partial charge in [-0.15, -0.1) is 0 Å². The van der Waals surface area contributed by atoms with E-state index < -0.39 is 26.1 Å². The van der Waals surface area contributed by atoms with Crippen LogP contribution in [-0.4, -0.2) is 46.6 Å². The molecule has 1 aliphatic rings. The van der Waals surface area contributed by atoms with Crippen molar-refractivity contribution >= 4 is 31.8 Å². The van der Waals surface area contributed by atoms with E-state index in [1.54, 1.807) is 51.2 Å². The Morgan fingerprint density at radius 3 is 2.30 bits per heavy atom. The van der Waals surface area contributed by atoms with Crippen LogP contribution in [0.5, 0.6) is 0 Å². The molecule has 0 aromatic heterocycles. The van der Waals surface area contributed by atoms with E-state index in [0.29, 0.717) is 11.1 Å². The average molecular weight is 451 g/mol. The SMILES string of the molecule is CC(c1ccc(S(N)(=O)=O)cc1)N(C)C(=O)[C@H](C)N=C1NS(=O)(=O)c2ccccc21. The normalized spacial score (nSPS) is 18.3. The molecule has 0 bridgehead atoms. The maximum absolute atomic E-state index is 12.9. The lowest BCUT2D eigenvalue weighted by Gasteiger charge is -2.27. The van der Waals surface area contributed by atoms with E-state index in [1.807, 2.05) is 0 Å². The van der Waals surface area contributed by atoms with Crippen molar-refractivity contribution in [2.75, 3.05) is 7.05 Å². The number of nitrogens with one attached hydrogen (secondary N) is 1. The van der Waals surface area contributed by atoms with Crippen LogP contribution in [0.2, 0.25) is 0 Å². The quantitative estimate of drug-likeness (QED) is 0.699. The number of carbonyl (C=O) groups excluding carboxylic acids is 1. The number of hydrogen-bond acceptors (Lipinski definition) is 6. The van der Waals surface area contributed by atoms with Crippen LogP contribution in [-0.2, 0) is 24.8 Å². The molecule has 0 spiro atoms.